The number of hydrogen-bond donors (Lipinski definition) is 1. The largest absolute Gasteiger partial charge is 0.379 e. The molecule has 7 nitrogen and oxygen atoms in total. The lowest BCUT2D eigenvalue weighted by Gasteiger charge is -2.32. The highest BCUT2D eigenvalue weighted by molar-refractivity contribution is 5.64. The first-order valence-electron chi connectivity index (χ1n) is 11.3. The Hall–Kier alpha value is -3.04. The summed E-state index contributed by atoms with van der Waals surface area (Å²) < 4.78 is 34.0. The Morgan fingerprint density at radius 1 is 1.03 bits per heavy atom. The van der Waals surface area contributed by atoms with E-state index in [1.807, 2.05) is 6.07 Å². The molecular weight excluding hydrogens is 426 g/mol. The molecule has 3 aromatic rings. The lowest BCUT2D eigenvalue weighted by molar-refractivity contribution is 0.0204. The zero-order valence-corrected chi connectivity index (χ0v) is 18.8. The van der Waals surface area contributed by atoms with Gasteiger partial charge in [-0.2, -0.15) is 4.98 Å². The van der Waals surface area contributed by atoms with E-state index in [4.69, 9.17) is 4.74 Å². The fourth-order valence-electron chi connectivity index (χ4n) is 4.82. The first-order chi connectivity index (χ1) is 15.9. The Morgan fingerprint density at radius 3 is 2.55 bits per heavy atom. The van der Waals surface area contributed by atoms with Crippen LogP contribution in [0.2, 0.25) is 0 Å². The van der Waals surface area contributed by atoms with E-state index >= 15 is 0 Å². The summed E-state index contributed by atoms with van der Waals surface area (Å²) in [4.78, 5) is 9.26. The molecule has 3 heterocycles. The summed E-state index contributed by atoms with van der Waals surface area (Å²) >= 11 is 0. The van der Waals surface area contributed by atoms with Crippen LogP contribution in [0.1, 0.15) is 20.3 Å². The third-order valence-electron chi connectivity index (χ3n) is 6.37. The summed E-state index contributed by atoms with van der Waals surface area (Å²) in [6, 6.07) is 10.6. The number of rotatable bonds is 5. The van der Waals surface area contributed by atoms with Crippen molar-refractivity contribution < 1.29 is 14.9 Å². The average molecular weight is 457 g/mol. The summed E-state index contributed by atoms with van der Waals surface area (Å²) in [6.45, 7) is 8.94. The molecule has 1 aromatic heterocycles. The molecule has 2 aliphatic rings. The highest BCUT2D eigenvalue weighted by Crippen LogP contribution is 2.32. The van der Waals surface area contributed by atoms with Crippen molar-refractivity contribution in [2.45, 2.75) is 32.4 Å². The molecule has 0 bridgehead atoms. The first-order valence-corrected chi connectivity index (χ1v) is 11.3. The summed E-state index contributed by atoms with van der Waals surface area (Å²) in [7, 11) is 0. The van der Waals surface area contributed by atoms with E-state index in [0.717, 1.165) is 62.3 Å². The van der Waals surface area contributed by atoms with Gasteiger partial charge in [-0.15, -0.1) is 5.10 Å². The van der Waals surface area contributed by atoms with Gasteiger partial charge in [0.2, 0.25) is 5.95 Å². The van der Waals surface area contributed by atoms with E-state index in [-0.39, 0.29) is 7.11 Å². The van der Waals surface area contributed by atoms with Crippen LogP contribution >= 0.6 is 0 Å². The molecule has 0 amide bonds. The van der Waals surface area contributed by atoms with Crippen molar-refractivity contribution in [3.8, 4) is 5.69 Å². The molecule has 2 unspecified atom stereocenters. The minimum absolute atomic E-state index is 0. The number of nitrogens with one attached hydrogen (secondary N) is 1. The predicted molar refractivity (Wildman–Crippen MR) is 125 cm³/mol. The molecule has 2 atom stereocenters. The Bertz CT molecular complexity index is 1120. The predicted octanol–water partition coefficient (Wildman–Crippen LogP) is 4.14. The zero-order valence-electron chi connectivity index (χ0n) is 18.8. The van der Waals surface area contributed by atoms with Gasteiger partial charge in [-0.1, -0.05) is 0 Å². The summed E-state index contributed by atoms with van der Waals surface area (Å²) in [6.07, 6.45) is 2.57. The van der Waals surface area contributed by atoms with E-state index in [1.165, 1.54) is 23.1 Å². The van der Waals surface area contributed by atoms with Crippen LogP contribution in [0.25, 0.3) is 5.69 Å². The molecule has 176 valence electrons. The molecule has 0 aliphatic carbocycles. The van der Waals surface area contributed by atoms with Crippen molar-refractivity contribution in [3.05, 3.63) is 59.9 Å². The zero-order chi connectivity index (χ0) is 22.9. The fourth-order valence-corrected chi connectivity index (χ4v) is 4.82. The Labute approximate surface area is 193 Å². The SMILES string of the molecule is Cc1cc(Nc2ncn(-c3cc(F)cc(F)c3)n2)cc(N2CC(N3CCOCC3)CC2C)c1.[HH]. The van der Waals surface area contributed by atoms with Crippen molar-refractivity contribution in [2.75, 3.05) is 43.1 Å². The van der Waals surface area contributed by atoms with Crippen molar-refractivity contribution >= 4 is 17.3 Å². The number of aromatic nitrogens is 3. The third kappa shape index (κ3) is 4.84. The quantitative estimate of drug-likeness (QED) is 0.623. The molecule has 1 N–H and O–H groups in total. The number of halogens is 2. The minimum Gasteiger partial charge on any atom is -0.379 e. The fraction of sp³-hybridized carbons (Fsp3) is 0.417. The molecule has 0 saturated carbocycles. The lowest BCUT2D eigenvalue weighted by Crippen LogP contribution is -2.44. The second-order valence-electron chi connectivity index (χ2n) is 8.86. The molecular formula is C24H30F2N6O. The van der Waals surface area contributed by atoms with E-state index in [1.54, 1.807) is 0 Å². The Morgan fingerprint density at radius 2 is 1.79 bits per heavy atom. The van der Waals surface area contributed by atoms with Crippen LogP contribution in [0.15, 0.2) is 42.7 Å². The lowest BCUT2D eigenvalue weighted by atomic mass is 10.1. The van der Waals surface area contributed by atoms with Gasteiger partial charge < -0.3 is 15.0 Å². The highest BCUT2D eigenvalue weighted by Gasteiger charge is 2.33. The van der Waals surface area contributed by atoms with Crippen LogP contribution in [0.5, 0.6) is 0 Å². The second kappa shape index (κ2) is 9.07. The molecule has 9 heteroatoms. The molecule has 2 saturated heterocycles. The number of nitrogens with zero attached hydrogens (tertiary/aromatic N) is 5. The van der Waals surface area contributed by atoms with Gasteiger partial charge in [0, 0.05) is 50.6 Å². The van der Waals surface area contributed by atoms with E-state index in [9.17, 15) is 8.78 Å². The maximum Gasteiger partial charge on any atom is 0.246 e. The maximum absolute atomic E-state index is 13.6. The summed E-state index contributed by atoms with van der Waals surface area (Å²) in [5.74, 6) is -0.959. The highest BCUT2D eigenvalue weighted by atomic mass is 19.1. The summed E-state index contributed by atoms with van der Waals surface area (Å²) in [5.41, 5.74) is 3.43. The molecule has 2 aliphatic heterocycles. The average Bonchev–Trinajstić information content (AvgIpc) is 3.40. The summed E-state index contributed by atoms with van der Waals surface area (Å²) in [5, 5.41) is 7.57. The number of ether oxygens (including phenoxy) is 1. The Balaban J connectivity index is 0.00000274. The number of aryl methyl sites for hydroxylation is 1. The molecule has 2 fully saturated rings. The molecule has 2 aromatic carbocycles. The van der Waals surface area contributed by atoms with E-state index in [0.29, 0.717) is 18.0 Å². The van der Waals surface area contributed by atoms with Gasteiger partial charge in [-0.25, -0.2) is 13.5 Å². The number of morpholine rings is 1. The first kappa shape index (κ1) is 21.8. The van der Waals surface area contributed by atoms with Crippen LogP contribution < -0.4 is 10.2 Å². The molecule has 33 heavy (non-hydrogen) atoms. The van der Waals surface area contributed by atoms with Crippen LogP contribution in [-0.4, -0.2) is 64.6 Å². The van der Waals surface area contributed by atoms with Gasteiger partial charge in [0.05, 0.1) is 18.9 Å². The topological polar surface area (TPSA) is 58.5 Å². The number of benzene rings is 2. The van der Waals surface area contributed by atoms with Gasteiger partial charge in [0.25, 0.3) is 0 Å². The monoisotopic (exact) mass is 456 g/mol. The second-order valence-corrected chi connectivity index (χ2v) is 8.86. The van der Waals surface area contributed by atoms with Crippen LogP contribution in [0.3, 0.4) is 0 Å². The third-order valence-corrected chi connectivity index (χ3v) is 6.37. The molecule has 5 rings (SSSR count). The van der Waals surface area contributed by atoms with E-state index < -0.39 is 11.6 Å². The Kier molecular flexibility index (Phi) is 5.99. The molecule has 0 spiro atoms. The van der Waals surface area contributed by atoms with Gasteiger partial charge in [-0.05, 0) is 56.2 Å². The van der Waals surface area contributed by atoms with Crippen molar-refractivity contribution in [1.82, 2.24) is 19.7 Å². The molecule has 0 radical (unpaired) electrons. The smallest absolute Gasteiger partial charge is 0.246 e. The standard InChI is InChI=1S/C24H28F2N6O.H2/c1-16-7-20(28-24-27-15-32(29-24)22-11-18(25)10-19(26)12-22)13-21(8-16)31-14-23(9-17(31)2)30-3-5-33-6-4-30;/h7-8,10-13,15,17,23H,3-6,9,14H2,1-2H3,(H,28,29);1H. The van der Waals surface area contributed by atoms with Gasteiger partial charge in [0.15, 0.2) is 0 Å². The van der Waals surface area contributed by atoms with Gasteiger partial charge in [0.1, 0.15) is 18.0 Å². The minimum atomic E-state index is -0.659. The number of hydrogen-bond acceptors (Lipinski definition) is 6. The van der Waals surface area contributed by atoms with Gasteiger partial charge in [-0.3, -0.25) is 4.90 Å². The number of anilines is 3. The van der Waals surface area contributed by atoms with Crippen LogP contribution in [0.4, 0.5) is 26.1 Å². The van der Waals surface area contributed by atoms with E-state index in [2.05, 4.69) is 51.2 Å². The normalized spacial score (nSPS) is 21.5. The van der Waals surface area contributed by atoms with Crippen LogP contribution in [0, 0.1) is 18.6 Å². The van der Waals surface area contributed by atoms with Crippen molar-refractivity contribution in [2.24, 2.45) is 0 Å². The maximum atomic E-state index is 13.6. The van der Waals surface area contributed by atoms with Gasteiger partial charge >= 0.3 is 0 Å². The van der Waals surface area contributed by atoms with Crippen molar-refractivity contribution in [1.29, 1.82) is 0 Å². The van der Waals surface area contributed by atoms with Crippen LogP contribution in [-0.2, 0) is 4.74 Å². The van der Waals surface area contributed by atoms with Crippen molar-refractivity contribution in [3.63, 3.8) is 0 Å².